The smallest absolute Gasteiger partial charge is 0.342 e. The van der Waals surface area contributed by atoms with Crippen molar-refractivity contribution >= 4 is 5.97 Å². The van der Waals surface area contributed by atoms with Crippen molar-refractivity contribution in [2.45, 2.75) is 43.9 Å². The fraction of sp³-hybridized carbons (Fsp3) is 0.455. The summed E-state index contributed by atoms with van der Waals surface area (Å²) in [5.74, 6) is 1.64. The molecule has 0 aliphatic heterocycles. The van der Waals surface area contributed by atoms with E-state index in [1.807, 2.05) is 12.1 Å². The lowest BCUT2D eigenvalue weighted by Crippen LogP contribution is -2.48. The third-order valence-corrected chi connectivity index (χ3v) is 7.01. The van der Waals surface area contributed by atoms with Gasteiger partial charge in [-0.05, 0) is 72.8 Å². The topological polar surface area (TPSA) is 64.2 Å². The van der Waals surface area contributed by atoms with Gasteiger partial charge in [0.25, 0.3) is 0 Å². The SMILES string of the molecule is O=C(O)c1c[n+]([O-])ccc1-c1ccc(C23CC4CC(CC(C4)C2)C3)cc1. The second kappa shape index (κ2) is 5.57. The summed E-state index contributed by atoms with van der Waals surface area (Å²) in [6.45, 7) is 0. The summed E-state index contributed by atoms with van der Waals surface area (Å²) < 4.78 is 0.538. The van der Waals surface area contributed by atoms with Crippen molar-refractivity contribution in [3.8, 4) is 11.1 Å². The van der Waals surface area contributed by atoms with Crippen LogP contribution in [0.25, 0.3) is 11.1 Å². The van der Waals surface area contributed by atoms with Crippen molar-refractivity contribution < 1.29 is 14.6 Å². The van der Waals surface area contributed by atoms with Gasteiger partial charge in [0.15, 0.2) is 12.4 Å². The average molecular weight is 349 g/mol. The molecule has 26 heavy (non-hydrogen) atoms. The van der Waals surface area contributed by atoms with Gasteiger partial charge in [0.1, 0.15) is 5.56 Å². The number of hydrogen-bond donors (Lipinski definition) is 1. The van der Waals surface area contributed by atoms with E-state index in [0.29, 0.717) is 15.7 Å². The summed E-state index contributed by atoms with van der Waals surface area (Å²) in [5, 5.41) is 20.9. The predicted molar refractivity (Wildman–Crippen MR) is 97.6 cm³/mol. The first-order valence-electron chi connectivity index (χ1n) is 9.59. The minimum Gasteiger partial charge on any atom is -0.619 e. The summed E-state index contributed by atoms with van der Waals surface area (Å²) in [4.78, 5) is 11.5. The van der Waals surface area contributed by atoms with E-state index in [-0.39, 0.29) is 5.56 Å². The molecule has 2 aromatic rings. The first-order valence-corrected chi connectivity index (χ1v) is 9.59. The molecule has 4 nitrogen and oxygen atoms in total. The molecular weight excluding hydrogens is 326 g/mol. The highest BCUT2D eigenvalue weighted by Crippen LogP contribution is 2.60. The maximum absolute atomic E-state index is 11.5. The Kier molecular flexibility index (Phi) is 3.40. The zero-order valence-corrected chi connectivity index (χ0v) is 14.7. The number of aromatic carboxylic acids is 1. The van der Waals surface area contributed by atoms with Crippen molar-refractivity contribution in [2.24, 2.45) is 17.8 Å². The Morgan fingerprint density at radius 1 is 1.00 bits per heavy atom. The Morgan fingerprint density at radius 2 is 1.58 bits per heavy atom. The Balaban J connectivity index is 1.50. The van der Waals surface area contributed by atoms with Gasteiger partial charge in [-0.25, -0.2) is 4.79 Å². The highest BCUT2D eigenvalue weighted by molar-refractivity contribution is 5.95. The van der Waals surface area contributed by atoms with Crippen LogP contribution in [0, 0.1) is 23.0 Å². The largest absolute Gasteiger partial charge is 0.619 e. The fourth-order valence-corrected chi connectivity index (χ4v) is 6.37. The fourth-order valence-electron chi connectivity index (χ4n) is 6.37. The number of aromatic nitrogens is 1. The van der Waals surface area contributed by atoms with E-state index in [9.17, 15) is 15.1 Å². The van der Waals surface area contributed by atoms with E-state index in [0.717, 1.165) is 29.5 Å². The molecule has 1 aromatic heterocycles. The van der Waals surface area contributed by atoms with Gasteiger partial charge in [0.2, 0.25) is 0 Å². The molecule has 0 saturated heterocycles. The molecule has 134 valence electrons. The van der Waals surface area contributed by atoms with Gasteiger partial charge < -0.3 is 10.3 Å². The van der Waals surface area contributed by atoms with Crippen molar-refractivity contribution in [1.29, 1.82) is 0 Å². The van der Waals surface area contributed by atoms with E-state index in [1.54, 1.807) is 6.07 Å². The number of benzene rings is 1. The van der Waals surface area contributed by atoms with Crippen LogP contribution in [0.15, 0.2) is 42.7 Å². The van der Waals surface area contributed by atoms with Crippen molar-refractivity contribution in [3.05, 3.63) is 59.1 Å². The van der Waals surface area contributed by atoms with Crippen LogP contribution in [0.3, 0.4) is 0 Å². The van der Waals surface area contributed by atoms with Gasteiger partial charge in [-0.2, -0.15) is 4.73 Å². The number of carboxylic acids is 1. The zero-order chi connectivity index (χ0) is 17.9. The number of rotatable bonds is 3. The highest BCUT2D eigenvalue weighted by Gasteiger charge is 2.51. The zero-order valence-electron chi connectivity index (χ0n) is 14.7. The molecule has 0 spiro atoms. The summed E-state index contributed by atoms with van der Waals surface area (Å²) in [7, 11) is 0. The molecule has 4 aliphatic carbocycles. The van der Waals surface area contributed by atoms with Gasteiger partial charge in [-0.15, -0.1) is 0 Å². The molecule has 0 amide bonds. The molecule has 1 heterocycles. The summed E-state index contributed by atoms with van der Waals surface area (Å²) >= 11 is 0. The lowest BCUT2D eigenvalue weighted by molar-refractivity contribution is -0.605. The van der Waals surface area contributed by atoms with Crippen LogP contribution in [-0.2, 0) is 5.41 Å². The number of nitrogens with zero attached hydrogens (tertiary/aromatic N) is 1. The van der Waals surface area contributed by atoms with Crippen LogP contribution in [0.1, 0.15) is 54.4 Å². The van der Waals surface area contributed by atoms with Crippen molar-refractivity contribution in [3.63, 3.8) is 0 Å². The molecule has 4 fully saturated rings. The first-order chi connectivity index (χ1) is 12.5. The van der Waals surface area contributed by atoms with E-state index in [4.69, 9.17) is 0 Å². The van der Waals surface area contributed by atoms with Gasteiger partial charge in [-0.1, -0.05) is 24.3 Å². The van der Waals surface area contributed by atoms with Crippen molar-refractivity contribution in [2.75, 3.05) is 0 Å². The maximum Gasteiger partial charge on any atom is 0.342 e. The molecule has 1 aromatic carbocycles. The van der Waals surface area contributed by atoms with E-state index in [2.05, 4.69) is 12.1 Å². The Bertz CT molecular complexity index is 836. The molecule has 4 heteroatoms. The lowest BCUT2D eigenvalue weighted by atomic mass is 9.48. The molecular formula is C22H23NO3. The second-order valence-corrected chi connectivity index (χ2v) is 8.71. The maximum atomic E-state index is 11.5. The molecule has 4 bridgehead atoms. The standard InChI is InChI=1S/C22H23NO3/c24-21(25)20-13-23(26)6-5-19(20)17-1-3-18(4-2-17)22-10-14-7-15(11-22)9-16(8-14)12-22/h1-6,13-16H,7-12H2,(H,24,25). The highest BCUT2D eigenvalue weighted by atomic mass is 16.5. The van der Waals surface area contributed by atoms with Gasteiger partial charge in [0.05, 0.1) is 0 Å². The summed E-state index contributed by atoms with van der Waals surface area (Å²) in [5.41, 5.74) is 3.27. The normalized spacial score (nSPS) is 31.9. The number of pyridine rings is 1. The van der Waals surface area contributed by atoms with Crippen LogP contribution >= 0.6 is 0 Å². The van der Waals surface area contributed by atoms with Crippen LogP contribution in [-0.4, -0.2) is 11.1 Å². The van der Waals surface area contributed by atoms with Gasteiger partial charge >= 0.3 is 5.97 Å². The van der Waals surface area contributed by atoms with E-state index in [1.165, 1.54) is 50.3 Å². The molecule has 0 radical (unpaired) electrons. The third-order valence-electron chi connectivity index (χ3n) is 7.01. The van der Waals surface area contributed by atoms with Crippen LogP contribution < -0.4 is 4.73 Å². The molecule has 0 atom stereocenters. The Labute approximate surface area is 153 Å². The number of carboxylic acid groups (broad SMARTS) is 1. The monoisotopic (exact) mass is 349 g/mol. The Hall–Kier alpha value is -2.36. The number of carbonyl (C=O) groups is 1. The second-order valence-electron chi connectivity index (χ2n) is 8.71. The van der Waals surface area contributed by atoms with E-state index < -0.39 is 5.97 Å². The lowest BCUT2D eigenvalue weighted by Gasteiger charge is -2.57. The van der Waals surface area contributed by atoms with Gasteiger partial charge in [0, 0.05) is 11.6 Å². The summed E-state index contributed by atoms with van der Waals surface area (Å²) in [6, 6.07) is 10.1. The average Bonchev–Trinajstić information content (AvgIpc) is 2.60. The van der Waals surface area contributed by atoms with E-state index >= 15 is 0 Å². The minimum absolute atomic E-state index is 0.0463. The Morgan fingerprint density at radius 3 is 2.12 bits per heavy atom. The quantitative estimate of drug-likeness (QED) is 0.669. The molecule has 6 rings (SSSR count). The van der Waals surface area contributed by atoms with Crippen LogP contribution in [0.5, 0.6) is 0 Å². The molecule has 4 aliphatic rings. The molecule has 4 saturated carbocycles. The summed E-state index contributed by atoms with van der Waals surface area (Å²) in [6.07, 6.45) is 10.7. The first kappa shape index (κ1) is 15.9. The third kappa shape index (κ3) is 2.43. The number of hydrogen-bond acceptors (Lipinski definition) is 2. The van der Waals surface area contributed by atoms with Crippen molar-refractivity contribution in [1.82, 2.24) is 0 Å². The minimum atomic E-state index is -1.07. The predicted octanol–water partition coefficient (Wildman–Crippen LogP) is 4.15. The van der Waals surface area contributed by atoms with Crippen LogP contribution in [0.4, 0.5) is 0 Å². The van der Waals surface area contributed by atoms with Crippen LogP contribution in [0.2, 0.25) is 0 Å². The van der Waals surface area contributed by atoms with Gasteiger partial charge in [-0.3, -0.25) is 0 Å². The molecule has 0 unspecified atom stereocenters. The molecule has 1 N–H and O–H groups in total.